The average molecular weight is 716 g/mol. The lowest BCUT2D eigenvalue weighted by Gasteiger charge is -2.08. The molecule has 0 bridgehead atoms. The second-order valence-corrected chi connectivity index (χ2v) is 16.7. The van der Waals surface area contributed by atoms with Gasteiger partial charge in [-0.15, -0.1) is 0 Å². The molecule has 3 aromatic rings. The van der Waals surface area contributed by atoms with Gasteiger partial charge in [-0.1, -0.05) is 231 Å². The summed E-state index contributed by atoms with van der Waals surface area (Å²) in [4.78, 5) is 0. The minimum Gasteiger partial charge on any atom is -0.395 e. The standard InChI is InChI=1S/C50H85NO/c1-3-5-7-9-11-13-15-17-19-21-23-25-27-29-31-33-35-45-37-39-47-48-40-38-46(44-50(48)51(41-42-52)49(47)43-45)36-34-32-30-28-26-24-22-20-18-16-14-12-10-8-6-4-2/h37-40,43-44,52H,3-36,41-42H2,1-2H3. The largest absolute Gasteiger partial charge is 0.395 e. The van der Waals surface area contributed by atoms with E-state index in [9.17, 15) is 5.11 Å². The van der Waals surface area contributed by atoms with Crippen molar-refractivity contribution in [2.45, 2.75) is 239 Å². The molecule has 0 fully saturated rings. The molecule has 2 nitrogen and oxygen atoms in total. The van der Waals surface area contributed by atoms with Crippen LogP contribution in [-0.2, 0) is 19.4 Å². The maximum absolute atomic E-state index is 9.99. The molecule has 0 unspecified atom stereocenters. The zero-order chi connectivity index (χ0) is 36.7. The normalized spacial score (nSPS) is 11.8. The fraction of sp³-hybridized carbons (Fsp3) is 0.760. The maximum atomic E-state index is 9.99. The average Bonchev–Trinajstić information content (AvgIpc) is 3.46. The molecule has 2 aromatic carbocycles. The molecule has 52 heavy (non-hydrogen) atoms. The van der Waals surface area contributed by atoms with Crippen molar-refractivity contribution < 1.29 is 5.11 Å². The van der Waals surface area contributed by atoms with Crippen molar-refractivity contribution in [1.29, 1.82) is 0 Å². The summed E-state index contributed by atoms with van der Waals surface area (Å²) in [6.45, 7) is 5.46. The molecule has 1 heterocycles. The van der Waals surface area contributed by atoms with E-state index in [1.807, 2.05) is 0 Å². The van der Waals surface area contributed by atoms with E-state index in [1.54, 1.807) is 0 Å². The first kappa shape index (κ1) is 44.6. The summed E-state index contributed by atoms with van der Waals surface area (Å²) in [7, 11) is 0. The second-order valence-electron chi connectivity index (χ2n) is 16.7. The summed E-state index contributed by atoms with van der Waals surface area (Å²) in [5, 5.41) is 12.7. The third-order valence-corrected chi connectivity index (χ3v) is 12.0. The molecule has 0 aliphatic carbocycles. The Kier molecular flexibility index (Phi) is 26.2. The van der Waals surface area contributed by atoms with Crippen LogP contribution in [0.4, 0.5) is 0 Å². The summed E-state index contributed by atoms with van der Waals surface area (Å²) in [5.41, 5.74) is 5.51. The number of aliphatic hydroxyl groups excluding tert-OH is 1. The first-order valence-electron chi connectivity index (χ1n) is 23.4. The van der Waals surface area contributed by atoms with Gasteiger partial charge in [-0.25, -0.2) is 0 Å². The quantitative estimate of drug-likeness (QED) is 0.0596. The molecule has 3 rings (SSSR count). The highest BCUT2D eigenvalue weighted by atomic mass is 16.3. The van der Waals surface area contributed by atoms with Crippen molar-refractivity contribution in [3.8, 4) is 0 Å². The predicted molar refractivity (Wildman–Crippen MR) is 233 cm³/mol. The zero-order valence-corrected chi connectivity index (χ0v) is 34.8. The Balaban J connectivity index is 1.27. The van der Waals surface area contributed by atoms with Gasteiger partial charge in [0.05, 0.1) is 6.61 Å². The number of aromatic nitrogens is 1. The van der Waals surface area contributed by atoms with Crippen LogP contribution in [0, 0.1) is 0 Å². The zero-order valence-electron chi connectivity index (χ0n) is 34.8. The molecule has 0 aliphatic rings. The Morgan fingerprint density at radius 2 is 0.635 bits per heavy atom. The molecule has 0 radical (unpaired) electrons. The summed E-state index contributed by atoms with van der Waals surface area (Å²) in [5.74, 6) is 0. The fourth-order valence-corrected chi connectivity index (χ4v) is 8.59. The Bertz CT molecular complexity index is 1160. The molecular formula is C50H85NO. The number of unbranched alkanes of at least 4 members (excludes halogenated alkanes) is 30. The third kappa shape index (κ3) is 19.0. The molecule has 296 valence electrons. The van der Waals surface area contributed by atoms with Gasteiger partial charge in [0.25, 0.3) is 0 Å². The summed E-state index contributed by atoms with van der Waals surface area (Å²) in [6.07, 6.45) is 47.7. The van der Waals surface area contributed by atoms with E-state index < -0.39 is 0 Å². The maximum Gasteiger partial charge on any atom is 0.0610 e. The van der Waals surface area contributed by atoms with E-state index in [1.165, 1.54) is 251 Å². The number of benzene rings is 2. The van der Waals surface area contributed by atoms with E-state index >= 15 is 0 Å². The Labute approximate surface area is 323 Å². The van der Waals surface area contributed by atoms with Gasteiger partial charge < -0.3 is 9.67 Å². The van der Waals surface area contributed by atoms with Crippen LogP contribution in [0.5, 0.6) is 0 Å². The molecule has 0 atom stereocenters. The summed E-state index contributed by atoms with van der Waals surface area (Å²) < 4.78 is 2.39. The van der Waals surface area contributed by atoms with Gasteiger partial charge in [0.15, 0.2) is 0 Å². The number of hydrogen-bond acceptors (Lipinski definition) is 1. The van der Waals surface area contributed by atoms with Gasteiger partial charge in [0, 0.05) is 28.4 Å². The van der Waals surface area contributed by atoms with E-state index in [4.69, 9.17) is 0 Å². The van der Waals surface area contributed by atoms with Crippen LogP contribution in [0.25, 0.3) is 21.8 Å². The highest BCUT2D eigenvalue weighted by molar-refractivity contribution is 6.08. The summed E-state index contributed by atoms with van der Waals surface area (Å²) in [6, 6.07) is 14.3. The molecule has 1 aromatic heterocycles. The van der Waals surface area contributed by atoms with Gasteiger partial charge in [0.2, 0.25) is 0 Å². The number of nitrogens with zero attached hydrogens (tertiary/aromatic N) is 1. The Morgan fingerprint density at radius 1 is 0.365 bits per heavy atom. The minimum absolute atomic E-state index is 0.186. The predicted octanol–water partition coefficient (Wildman–Crippen LogP) is 16.4. The lowest BCUT2D eigenvalue weighted by molar-refractivity contribution is 0.280. The molecule has 0 aliphatic heterocycles. The lowest BCUT2D eigenvalue weighted by Crippen LogP contribution is -2.02. The number of aryl methyl sites for hydroxylation is 2. The smallest absolute Gasteiger partial charge is 0.0610 e. The second kappa shape index (κ2) is 30.5. The van der Waals surface area contributed by atoms with Crippen molar-refractivity contribution >= 4 is 21.8 Å². The topological polar surface area (TPSA) is 25.2 Å². The number of aliphatic hydroxyl groups is 1. The van der Waals surface area contributed by atoms with E-state index in [0.717, 1.165) is 0 Å². The van der Waals surface area contributed by atoms with Gasteiger partial charge in [-0.05, 0) is 48.9 Å². The SMILES string of the molecule is CCCCCCCCCCCCCCCCCCc1ccc2c3ccc(CCCCCCCCCCCCCCCCCC)cc3n(CCO)c2c1. The third-order valence-electron chi connectivity index (χ3n) is 12.0. The van der Waals surface area contributed by atoms with Crippen LogP contribution in [0.15, 0.2) is 36.4 Å². The van der Waals surface area contributed by atoms with Crippen molar-refractivity contribution in [2.75, 3.05) is 6.61 Å². The highest BCUT2D eigenvalue weighted by Gasteiger charge is 2.12. The first-order valence-corrected chi connectivity index (χ1v) is 23.4. The molecular weight excluding hydrogens is 631 g/mol. The number of fused-ring (bicyclic) bond motifs is 3. The Hall–Kier alpha value is -1.80. The Morgan fingerprint density at radius 3 is 0.904 bits per heavy atom. The van der Waals surface area contributed by atoms with Gasteiger partial charge in [-0.2, -0.15) is 0 Å². The number of hydrogen-bond donors (Lipinski definition) is 1. The van der Waals surface area contributed by atoms with E-state index in [0.29, 0.717) is 6.54 Å². The minimum atomic E-state index is 0.186. The summed E-state index contributed by atoms with van der Waals surface area (Å²) >= 11 is 0. The van der Waals surface area contributed by atoms with Crippen LogP contribution in [-0.4, -0.2) is 16.3 Å². The first-order chi connectivity index (χ1) is 25.8. The van der Waals surface area contributed by atoms with Gasteiger partial charge in [0.1, 0.15) is 0 Å². The molecule has 0 spiro atoms. The van der Waals surface area contributed by atoms with Crippen LogP contribution >= 0.6 is 0 Å². The molecule has 2 heteroatoms. The molecule has 0 amide bonds. The molecule has 0 saturated heterocycles. The van der Waals surface area contributed by atoms with E-state index in [2.05, 4.69) is 54.8 Å². The molecule has 0 saturated carbocycles. The van der Waals surface area contributed by atoms with E-state index in [-0.39, 0.29) is 6.61 Å². The van der Waals surface area contributed by atoms with Gasteiger partial charge in [-0.3, -0.25) is 0 Å². The van der Waals surface area contributed by atoms with Crippen molar-refractivity contribution in [1.82, 2.24) is 4.57 Å². The van der Waals surface area contributed by atoms with Crippen molar-refractivity contribution in [3.63, 3.8) is 0 Å². The highest BCUT2D eigenvalue weighted by Crippen LogP contribution is 2.31. The fourth-order valence-electron chi connectivity index (χ4n) is 8.59. The number of rotatable bonds is 36. The lowest BCUT2D eigenvalue weighted by atomic mass is 10.0. The van der Waals surface area contributed by atoms with Crippen molar-refractivity contribution in [2.24, 2.45) is 0 Å². The van der Waals surface area contributed by atoms with Crippen LogP contribution < -0.4 is 0 Å². The molecule has 1 N–H and O–H groups in total. The van der Waals surface area contributed by atoms with Crippen LogP contribution in [0.2, 0.25) is 0 Å². The van der Waals surface area contributed by atoms with Crippen LogP contribution in [0.3, 0.4) is 0 Å². The van der Waals surface area contributed by atoms with Crippen LogP contribution in [0.1, 0.15) is 230 Å². The monoisotopic (exact) mass is 716 g/mol. The van der Waals surface area contributed by atoms with Crippen molar-refractivity contribution in [3.05, 3.63) is 47.5 Å². The van der Waals surface area contributed by atoms with Gasteiger partial charge >= 0.3 is 0 Å².